The molecule has 0 aliphatic heterocycles. The lowest BCUT2D eigenvalue weighted by Gasteiger charge is -2.09. The maximum absolute atomic E-state index is 11.9. The molecule has 0 atom stereocenters. The molecule has 0 aliphatic rings. The van der Waals surface area contributed by atoms with Gasteiger partial charge in [0, 0.05) is 11.4 Å². The van der Waals surface area contributed by atoms with Crippen molar-refractivity contribution in [3.05, 3.63) is 51.5 Å². The average molecular weight is 388 g/mol. The zero-order valence-electron chi connectivity index (χ0n) is 12.5. The van der Waals surface area contributed by atoms with E-state index in [1.54, 1.807) is 24.3 Å². The van der Waals surface area contributed by atoms with Crippen molar-refractivity contribution in [3.8, 4) is 5.75 Å². The van der Waals surface area contributed by atoms with Crippen LogP contribution in [0.15, 0.2) is 36.4 Å². The molecule has 0 radical (unpaired) electrons. The molecule has 126 valence electrons. The van der Waals surface area contributed by atoms with Crippen LogP contribution < -0.4 is 15.4 Å². The number of benzene rings is 2. The van der Waals surface area contributed by atoms with E-state index < -0.39 is 11.8 Å². The Morgan fingerprint density at radius 1 is 0.875 bits per heavy atom. The van der Waals surface area contributed by atoms with Gasteiger partial charge in [0.2, 0.25) is 11.8 Å². The maximum atomic E-state index is 11.9. The van der Waals surface area contributed by atoms with E-state index >= 15 is 0 Å². The van der Waals surface area contributed by atoms with E-state index in [-0.39, 0.29) is 6.42 Å². The summed E-state index contributed by atoms with van der Waals surface area (Å²) >= 11 is 17.6. The zero-order valence-corrected chi connectivity index (χ0v) is 14.8. The van der Waals surface area contributed by atoms with Crippen molar-refractivity contribution in [2.24, 2.45) is 0 Å². The van der Waals surface area contributed by atoms with E-state index in [0.29, 0.717) is 32.2 Å². The fourth-order valence-corrected chi connectivity index (χ4v) is 2.43. The van der Waals surface area contributed by atoms with Crippen LogP contribution in [0.2, 0.25) is 15.1 Å². The number of carbonyl (C=O) groups excluding carboxylic acids is 2. The van der Waals surface area contributed by atoms with Gasteiger partial charge in [0.15, 0.2) is 0 Å². The molecule has 0 aliphatic carbocycles. The van der Waals surface area contributed by atoms with Crippen LogP contribution in [0.25, 0.3) is 0 Å². The van der Waals surface area contributed by atoms with Gasteiger partial charge in [0.25, 0.3) is 0 Å². The van der Waals surface area contributed by atoms with Crippen LogP contribution in [0.1, 0.15) is 6.42 Å². The lowest BCUT2D eigenvalue weighted by Crippen LogP contribution is -2.21. The van der Waals surface area contributed by atoms with Gasteiger partial charge in [-0.2, -0.15) is 0 Å². The zero-order chi connectivity index (χ0) is 17.7. The van der Waals surface area contributed by atoms with Gasteiger partial charge in [-0.1, -0.05) is 34.8 Å². The van der Waals surface area contributed by atoms with Gasteiger partial charge in [-0.05, 0) is 36.4 Å². The van der Waals surface area contributed by atoms with E-state index in [0.717, 1.165) is 0 Å². The average Bonchev–Trinajstić information content (AvgIpc) is 2.51. The molecule has 24 heavy (non-hydrogen) atoms. The van der Waals surface area contributed by atoms with Crippen molar-refractivity contribution >= 4 is 58.0 Å². The van der Waals surface area contributed by atoms with Crippen LogP contribution in [-0.4, -0.2) is 18.9 Å². The Morgan fingerprint density at radius 3 is 1.92 bits per heavy atom. The molecule has 0 saturated carbocycles. The van der Waals surface area contributed by atoms with Gasteiger partial charge >= 0.3 is 0 Å². The number of hydrogen-bond acceptors (Lipinski definition) is 3. The largest absolute Gasteiger partial charge is 0.495 e. The molecule has 2 N–H and O–H groups in total. The van der Waals surface area contributed by atoms with Gasteiger partial charge in [0.05, 0.1) is 22.2 Å². The molecule has 0 saturated heterocycles. The number of anilines is 2. The minimum Gasteiger partial charge on any atom is -0.495 e. The van der Waals surface area contributed by atoms with Gasteiger partial charge in [-0.3, -0.25) is 9.59 Å². The second-order valence-electron chi connectivity index (χ2n) is 4.75. The SMILES string of the molecule is COc1ccc(NC(=O)CC(=O)Nc2ccc(Cl)c(Cl)c2)cc1Cl. The van der Waals surface area contributed by atoms with Crippen molar-refractivity contribution in [2.75, 3.05) is 17.7 Å². The van der Waals surface area contributed by atoms with E-state index in [1.165, 1.54) is 19.2 Å². The van der Waals surface area contributed by atoms with Crippen molar-refractivity contribution in [1.29, 1.82) is 0 Å². The summed E-state index contributed by atoms with van der Waals surface area (Å²) in [7, 11) is 1.49. The molecule has 0 heterocycles. The number of halogens is 3. The number of methoxy groups -OCH3 is 1. The molecule has 2 aromatic rings. The number of rotatable bonds is 5. The highest BCUT2D eigenvalue weighted by Crippen LogP contribution is 2.27. The summed E-state index contributed by atoms with van der Waals surface area (Å²) in [6, 6.07) is 9.43. The van der Waals surface area contributed by atoms with Gasteiger partial charge in [0.1, 0.15) is 12.2 Å². The lowest BCUT2D eigenvalue weighted by molar-refractivity contribution is -0.123. The van der Waals surface area contributed by atoms with Crippen molar-refractivity contribution < 1.29 is 14.3 Å². The topological polar surface area (TPSA) is 67.4 Å². The standard InChI is InChI=1S/C16H13Cl3N2O3/c1-24-14-5-3-10(7-13(14)19)21-16(23)8-15(22)20-9-2-4-11(17)12(18)6-9/h2-7H,8H2,1H3,(H,20,22)(H,21,23). The third kappa shape index (κ3) is 5.03. The van der Waals surface area contributed by atoms with E-state index in [2.05, 4.69) is 10.6 Å². The summed E-state index contributed by atoms with van der Waals surface area (Å²) in [6.45, 7) is 0. The molecule has 8 heteroatoms. The maximum Gasteiger partial charge on any atom is 0.233 e. The Labute approximate surface area is 153 Å². The summed E-state index contributed by atoms with van der Waals surface area (Å²) in [4.78, 5) is 23.8. The highest BCUT2D eigenvalue weighted by Gasteiger charge is 2.12. The van der Waals surface area contributed by atoms with Crippen LogP contribution >= 0.6 is 34.8 Å². The molecule has 0 aromatic heterocycles. The van der Waals surface area contributed by atoms with Gasteiger partial charge in [-0.25, -0.2) is 0 Å². The molecule has 0 unspecified atom stereocenters. The molecular weight excluding hydrogens is 375 g/mol. The Hall–Kier alpha value is -1.95. The van der Waals surface area contributed by atoms with E-state index in [4.69, 9.17) is 39.5 Å². The second-order valence-corrected chi connectivity index (χ2v) is 5.97. The number of nitrogens with one attached hydrogen (secondary N) is 2. The summed E-state index contributed by atoms with van der Waals surface area (Å²) in [5.41, 5.74) is 0.919. The minimum atomic E-state index is -0.481. The third-order valence-electron chi connectivity index (χ3n) is 2.96. The van der Waals surface area contributed by atoms with Crippen molar-refractivity contribution in [3.63, 3.8) is 0 Å². The summed E-state index contributed by atoms with van der Waals surface area (Å²) in [6.07, 6.45) is -0.357. The van der Waals surface area contributed by atoms with E-state index in [1.807, 2.05) is 0 Å². The molecule has 2 rings (SSSR count). The second kappa shape index (κ2) is 8.24. The summed E-state index contributed by atoms with van der Waals surface area (Å²) in [5, 5.41) is 6.20. The molecule has 5 nitrogen and oxygen atoms in total. The minimum absolute atomic E-state index is 0.312. The predicted octanol–water partition coefficient (Wildman–Crippen LogP) is 4.62. The summed E-state index contributed by atoms with van der Waals surface area (Å²) in [5.74, 6) is -0.466. The lowest BCUT2D eigenvalue weighted by atomic mass is 10.2. The molecular formula is C16H13Cl3N2O3. The third-order valence-corrected chi connectivity index (χ3v) is 3.99. The van der Waals surface area contributed by atoms with Crippen molar-refractivity contribution in [2.45, 2.75) is 6.42 Å². The number of amides is 2. The molecule has 0 spiro atoms. The number of carbonyl (C=O) groups is 2. The highest BCUT2D eigenvalue weighted by molar-refractivity contribution is 6.42. The first kappa shape index (κ1) is 18.4. The monoisotopic (exact) mass is 386 g/mol. The fourth-order valence-electron chi connectivity index (χ4n) is 1.87. The Balaban J connectivity index is 1.92. The molecule has 0 bridgehead atoms. The summed E-state index contributed by atoms with van der Waals surface area (Å²) < 4.78 is 5.02. The van der Waals surface area contributed by atoms with Crippen LogP contribution in [0.5, 0.6) is 5.75 Å². The quantitative estimate of drug-likeness (QED) is 0.735. The molecule has 2 aromatic carbocycles. The molecule has 0 fully saturated rings. The first-order valence-electron chi connectivity index (χ1n) is 6.77. The number of hydrogen-bond donors (Lipinski definition) is 2. The Bertz CT molecular complexity index is 781. The Kier molecular flexibility index (Phi) is 6.31. The Morgan fingerprint density at radius 2 is 1.42 bits per heavy atom. The van der Waals surface area contributed by atoms with Crippen molar-refractivity contribution in [1.82, 2.24) is 0 Å². The predicted molar refractivity (Wildman–Crippen MR) is 96.3 cm³/mol. The normalized spacial score (nSPS) is 10.2. The number of ether oxygens (including phenoxy) is 1. The van der Waals surface area contributed by atoms with E-state index in [9.17, 15) is 9.59 Å². The van der Waals surface area contributed by atoms with Gasteiger partial charge in [-0.15, -0.1) is 0 Å². The highest BCUT2D eigenvalue weighted by atomic mass is 35.5. The first-order chi connectivity index (χ1) is 11.4. The van der Waals surface area contributed by atoms with Crippen LogP contribution in [-0.2, 0) is 9.59 Å². The smallest absolute Gasteiger partial charge is 0.233 e. The van der Waals surface area contributed by atoms with Gasteiger partial charge < -0.3 is 15.4 Å². The van der Waals surface area contributed by atoms with Crippen LogP contribution in [0.3, 0.4) is 0 Å². The van der Waals surface area contributed by atoms with Crippen LogP contribution in [0, 0.1) is 0 Å². The van der Waals surface area contributed by atoms with Crippen LogP contribution in [0.4, 0.5) is 11.4 Å². The fraction of sp³-hybridized carbons (Fsp3) is 0.125. The first-order valence-corrected chi connectivity index (χ1v) is 7.90. The molecule has 2 amide bonds.